The maximum Gasteiger partial charge on any atom is 0.277 e. The van der Waals surface area contributed by atoms with E-state index in [0.717, 1.165) is 12.0 Å². The van der Waals surface area contributed by atoms with Crippen molar-refractivity contribution in [2.75, 3.05) is 26.8 Å². The highest BCUT2D eigenvalue weighted by atomic mass is 32.2. The summed E-state index contributed by atoms with van der Waals surface area (Å²) < 4.78 is 41.5. The summed E-state index contributed by atoms with van der Waals surface area (Å²) in [4.78, 5) is 33.3. The van der Waals surface area contributed by atoms with Crippen LogP contribution in [0.25, 0.3) is 28.5 Å². The monoisotopic (exact) mass is 591 g/mol. The molecule has 1 aliphatic rings. The molecule has 42 heavy (non-hydrogen) atoms. The number of H-pyrrole nitrogens is 1. The Bertz CT molecular complexity index is 1840. The molecule has 0 radical (unpaired) electrons. The molecule has 5 rings (SSSR count). The normalized spacial score (nSPS) is 15.4. The van der Waals surface area contributed by atoms with Gasteiger partial charge in [-0.2, -0.15) is 9.40 Å². The lowest BCUT2D eigenvalue weighted by Gasteiger charge is -2.27. The van der Waals surface area contributed by atoms with E-state index in [4.69, 9.17) is 14.5 Å². The Morgan fingerprint density at radius 1 is 1.10 bits per heavy atom. The Morgan fingerprint density at radius 3 is 2.55 bits per heavy atom. The molecule has 0 aliphatic carbocycles. The van der Waals surface area contributed by atoms with Gasteiger partial charge >= 0.3 is 0 Å². The van der Waals surface area contributed by atoms with Crippen molar-refractivity contribution in [2.24, 2.45) is 7.05 Å². The zero-order valence-corrected chi connectivity index (χ0v) is 24.8. The smallest absolute Gasteiger partial charge is 0.277 e. The summed E-state index contributed by atoms with van der Waals surface area (Å²) in [7, 11) is -0.757. The maximum absolute atomic E-state index is 13.9. The van der Waals surface area contributed by atoms with Gasteiger partial charge in [0.15, 0.2) is 11.3 Å². The maximum atomic E-state index is 13.9. The molecule has 0 saturated carbocycles. The third-order valence-electron chi connectivity index (χ3n) is 7.14. The lowest BCUT2D eigenvalue weighted by atomic mass is 10.0. The van der Waals surface area contributed by atoms with Crippen LogP contribution in [0.4, 0.5) is 0 Å². The average molecular weight is 592 g/mol. The summed E-state index contributed by atoms with van der Waals surface area (Å²) in [5, 5.41) is 4.46. The van der Waals surface area contributed by atoms with Gasteiger partial charge in [0.05, 0.1) is 29.9 Å². The van der Waals surface area contributed by atoms with E-state index in [1.54, 1.807) is 38.4 Å². The van der Waals surface area contributed by atoms with E-state index in [1.165, 1.54) is 21.1 Å². The fraction of sp³-hybridized carbons (Fsp3) is 0.333. The largest absolute Gasteiger partial charge is 0.497 e. The van der Waals surface area contributed by atoms with E-state index in [2.05, 4.69) is 10.1 Å². The molecule has 12 heteroatoms. The van der Waals surface area contributed by atoms with Crippen molar-refractivity contribution in [1.82, 2.24) is 24.1 Å². The number of Topliss-reactive ketones (excluding diaryl/α,β-unsaturated/α-hetero) is 1. The average Bonchev–Trinajstić information content (AvgIpc) is 3.30. The molecule has 4 aromatic rings. The fourth-order valence-electron chi connectivity index (χ4n) is 5.04. The van der Waals surface area contributed by atoms with Crippen LogP contribution < -0.4 is 15.0 Å². The summed E-state index contributed by atoms with van der Waals surface area (Å²) in [5.74, 6) is 1.16. The molecular formula is C30H33N5O6S. The number of aryl methyl sites for hydroxylation is 2. The molecule has 0 spiro atoms. The Morgan fingerprint density at radius 2 is 1.86 bits per heavy atom. The number of hydrogen-bond acceptors (Lipinski definition) is 8. The lowest BCUT2D eigenvalue weighted by Crippen LogP contribution is -2.40. The van der Waals surface area contributed by atoms with Gasteiger partial charge in [-0.15, -0.1) is 0 Å². The number of carbonyl (C=O) groups is 1. The molecule has 1 N–H and O–H groups in total. The highest BCUT2D eigenvalue weighted by Gasteiger charge is 2.32. The Hall–Kier alpha value is -4.29. The fourth-order valence-corrected chi connectivity index (χ4v) is 6.49. The Balaban J connectivity index is 1.54. The second-order valence-corrected chi connectivity index (χ2v) is 11.9. The molecule has 3 heterocycles. The number of aromatic nitrogens is 4. The molecule has 0 bridgehead atoms. The summed E-state index contributed by atoms with van der Waals surface area (Å²) in [6, 6.07) is 11.7. The molecular weight excluding hydrogens is 558 g/mol. The number of fused-ring (bicyclic) bond motifs is 1. The van der Waals surface area contributed by atoms with Crippen molar-refractivity contribution in [2.45, 2.75) is 38.0 Å². The first-order chi connectivity index (χ1) is 20.2. The lowest BCUT2D eigenvalue weighted by molar-refractivity contribution is -0.116. The number of hydrogen-bond donors (Lipinski definition) is 1. The highest BCUT2D eigenvalue weighted by molar-refractivity contribution is 7.89. The third kappa shape index (κ3) is 5.59. The highest BCUT2D eigenvalue weighted by Crippen LogP contribution is 2.33. The van der Waals surface area contributed by atoms with Crippen molar-refractivity contribution >= 4 is 32.9 Å². The number of carbonyl (C=O) groups excluding carboxylic acids is 1. The van der Waals surface area contributed by atoms with Crippen molar-refractivity contribution in [1.29, 1.82) is 0 Å². The van der Waals surface area contributed by atoms with Gasteiger partial charge in [0.1, 0.15) is 22.8 Å². The van der Waals surface area contributed by atoms with Crippen LogP contribution in [0.1, 0.15) is 37.9 Å². The van der Waals surface area contributed by atoms with Gasteiger partial charge < -0.3 is 14.5 Å². The van der Waals surface area contributed by atoms with Gasteiger partial charge in [0.25, 0.3) is 5.56 Å². The van der Waals surface area contributed by atoms with Gasteiger partial charge in [-0.1, -0.05) is 25.5 Å². The van der Waals surface area contributed by atoms with E-state index in [0.29, 0.717) is 52.4 Å². The summed E-state index contributed by atoms with van der Waals surface area (Å²) in [6.45, 7) is 4.15. The molecule has 0 amide bonds. The minimum Gasteiger partial charge on any atom is -0.497 e. The number of nitrogens with one attached hydrogen (secondary N) is 1. The number of sulfonamides is 1. The van der Waals surface area contributed by atoms with Crippen LogP contribution in [-0.2, 0) is 28.3 Å². The summed E-state index contributed by atoms with van der Waals surface area (Å²) >= 11 is 0. The van der Waals surface area contributed by atoms with Crippen LogP contribution in [-0.4, -0.2) is 65.1 Å². The molecule has 11 nitrogen and oxygen atoms in total. The SMILES string of the molecule is CCCc1nn(C)c2c(=O)[nH]c(-c3cc(S(=O)(=O)N4CCC(=O)C(=Cc5ccc(OC)cc5)C4)ccc3OCC)nc12. The van der Waals surface area contributed by atoms with Crippen LogP contribution >= 0.6 is 0 Å². The number of ketones is 1. The van der Waals surface area contributed by atoms with Crippen molar-refractivity contribution in [3.8, 4) is 22.9 Å². The topological polar surface area (TPSA) is 136 Å². The molecule has 2 aromatic heterocycles. The number of methoxy groups -OCH3 is 1. The minimum absolute atomic E-state index is 0.00168. The van der Waals surface area contributed by atoms with Crippen molar-refractivity contribution in [3.63, 3.8) is 0 Å². The second-order valence-electron chi connectivity index (χ2n) is 9.98. The molecule has 1 saturated heterocycles. The molecule has 0 unspecified atom stereocenters. The van der Waals surface area contributed by atoms with Crippen LogP contribution in [0.3, 0.4) is 0 Å². The summed E-state index contributed by atoms with van der Waals surface area (Å²) in [6.07, 6.45) is 3.23. The first kappa shape index (κ1) is 29.2. The van der Waals surface area contributed by atoms with E-state index >= 15 is 0 Å². The number of rotatable bonds is 9. The number of benzene rings is 2. The first-order valence-electron chi connectivity index (χ1n) is 13.8. The Labute approximate surface area is 243 Å². The minimum atomic E-state index is -4.02. The molecule has 2 aromatic carbocycles. The second kappa shape index (κ2) is 11.9. The van der Waals surface area contributed by atoms with Gasteiger partial charge in [-0.25, -0.2) is 13.4 Å². The van der Waals surface area contributed by atoms with Crippen LogP contribution in [0.2, 0.25) is 0 Å². The van der Waals surface area contributed by atoms with Gasteiger partial charge in [-0.05, 0) is 55.3 Å². The van der Waals surface area contributed by atoms with Crippen LogP contribution in [0, 0.1) is 0 Å². The van der Waals surface area contributed by atoms with Crippen molar-refractivity contribution in [3.05, 3.63) is 69.6 Å². The van der Waals surface area contributed by atoms with Crippen molar-refractivity contribution < 1.29 is 22.7 Å². The number of ether oxygens (including phenoxy) is 2. The quantitative estimate of drug-likeness (QED) is 0.291. The van der Waals surface area contributed by atoms with Gasteiger partial charge in [-0.3, -0.25) is 14.3 Å². The van der Waals surface area contributed by atoms with Gasteiger partial charge in [0.2, 0.25) is 10.0 Å². The zero-order chi connectivity index (χ0) is 30.0. The number of aromatic amines is 1. The molecule has 220 valence electrons. The third-order valence-corrected chi connectivity index (χ3v) is 8.98. The Kier molecular flexibility index (Phi) is 8.28. The van der Waals surface area contributed by atoms with E-state index < -0.39 is 10.0 Å². The van der Waals surface area contributed by atoms with Crippen LogP contribution in [0.15, 0.2) is 57.7 Å². The molecule has 1 aliphatic heterocycles. The first-order valence-corrected chi connectivity index (χ1v) is 15.2. The number of piperidine rings is 1. The van der Waals surface area contributed by atoms with Crippen LogP contribution in [0.5, 0.6) is 11.5 Å². The summed E-state index contributed by atoms with van der Waals surface area (Å²) in [5.41, 5.74) is 2.63. The predicted molar refractivity (Wildman–Crippen MR) is 159 cm³/mol. The predicted octanol–water partition coefficient (Wildman–Crippen LogP) is 3.73. The molecule has 1 fully saturated rings. The standard InChI is InChI=1S/C30H33N5O6S/c1-5-7-24-27-28(34(3)33-24)30(37)32-29(31-27)23-17-22(12-13-26(23)41-6-2)42(38,39)35-15-14-25(36)20(18-35)16-19-8-10-21(40-4)11-9-19/h8-13,16-17H,5-7,14-15,18H2,1-4H3,(H,31,32,37). The van der Waals surface area contributed by atoms with E-state index in [1.807, 2.05) is 26.0 Å². The zero-order valence-electron chi connectivity index (χ0n) is 24.0. The van der Waals surface area contributed by atoms with E-state index in [-0.39, 0.29) is 41.6 Å². The number of nitrogens with zero attached hydrogens (tertiary/aromatic N) is 4. The molecule has 0 atom stereocenters. The van der Waals surface area contributed by atoms with Gasteiger partial charge in [0, 0.05) is 32.1 Å². The van der Waals surface area contributed by atoms with E-state index in [9.17, 15) is 18.0 Å².